The second-order valence-electron chi connectivity index (χ2n) is 17.4. The summed E-state index contributed by atoms with van der Waals surface area (Å²) in [6, 6.07) is 2.87. The number of carbonyl (C=O) groups is 3. The van der Waals surface area contributed by atoms with E-state index in [9.17, 15) is 24.6 Å². The maximum atomic E-state index is 14.7. The van der Waals surface area contributed by atoms with Crippen LogP contribution in [-0.4, -0.2) is 140 Å². The summed E-state index contributed by atoms with van der Waals surface area (Å²) in [4.78, 5) is 55.5. The first-order valence-electron chi connectivity index (χ1n) is 20.9. The summed E-state index contributed by atoms with van der Waals surface area (Å²) in [5, 5.41) is 23.0. The molecule has 15 heteroatoms. The van der Waals surface area contributed by atoms with Gasteiger partial charge in [-0.3, -0.25) is 19.4 Å². The van der Waals surface area contributed by atoms with E-state index in [2.05, 4.69) is 9.97 Å². The van der Waals surface area contributed by atoms with Crippen LogP contribution in [0.5, 0.6) is 0 Å². The quantitative estimate of drug-likeness (QED) is 0.189. The highest BCUT2D eigenvalue weighted by Gasteiger charge is 2.59. The first kappa shape index (κ1) is 45.9. The van der Waals surface area contributed by atoms with Crippen molar-refractivity contribution in [1.82, 2.24) is 24.3 Å². The smallest absolute Gasteiger partial charge is 0.316 e. The lowest BCUT2D eigenvalue weighted by atomic mass is 9.73. The topological polar surface area (TPSA) is 175 Å². The molecule has 2 aromatic rings. The van der Waals surface area contributed by atoms with Gasteiger partial charge in [-0.2, -0.15) is 0 Å². The number of aromatic nitrogens is 3. The van der Waals surface area contributed by atoms with Crippen molar-refractivity contribution < 1.29 is 48.3 Å². The molecule has 14 atom stereocenters. The number of pyridine rings is 1. The molecular formula is C43H67N5O10. The largest absolute Gasteiger partial charge is 0.459 e. The van der Waals surface area contributed by atoms with Crippen LogP contribution >= 0.6 is 0 Å². The number of aryl methyl sites for hydroxylation is 1. The van der Waals surface area contributed by atoms with Gasteiger partial charge >= 0.3 is 5.97 Å². The summed E-state index contributed by atoms with van der Waals surface area (Å²) in [6.07, 6.45) is 4.00. The molecule has 0 radical (unpaired) electrons. The number of aliphatic hydroxyl groups excluding tert-OH is 2. The van der Waals surface area contributed by atoms with Gasteiger partial charge in [-0.05, 0) is 86.0 Å². The molecule has 1 unspecified atom stereocenters. The van der Waals surface area contributed by atoms with Crippen LogP contribution in [-0.2, 0) is 44.6 Å². The molecular weight excluding hydrogens is 746 g/mol. The Labute approximate surface area is 343 Å². The summed E-state index contributed by atoms with van der Waals surface area (Å²) >= 11 is 0. The number of fused-ring (bicyclic) bond motifs is 1. The van der Waals surface area contributed by atoms with Crippen molar-refractivity contribution in [2.75, 3.05) is 27.7 Å². The highest BCUT2D eigenvalue weighted by Crippen LogP contribution is 2.44. The number of hydrogen-bond donors (Lipinski definition) is 2. The molecule has 3 saturated heterocycles. The van der Waals surface area contributed by atoms with Gasteiger partial charge in [-0.1, -0.05) is 27.7 Å². The Bertz CT molecular complexity index is 1690. The number of esters is 1. The number of nitrogens with zero attached hydrogens (tertiary/aromatic N) is 5. The molecule has 0 saturated carbocycles. The van der Waals surface area contributed by atoms with Crippen LogP contribution in [0.3, 0.4) is 0 Å². The third kappa shape index (κ3) is 9.57. The van der Waals surface area contributed by atoms with Crippen LogP contribution in [0.1, 0.15) is 87.5 Å². The zero-order valence-corrected chi connectivity index (χ0v) is 36.2. The van der Waals surface area contributed by atoms with Crippen molar-refractivity contribution in [3.8, 4) is 11.3 Å². The zero-order chi connectivity index (χ0) is 42.7. The molecule has 0 aliphatic carbocycles. The second kappa shape index (κ2) is 19.1. The van der Waals surface area contributed by atoms with Gasteiger partial charge in [0.25, 0.3) is 0 Å². The van der Waals surface area contributed by atoms with E-state index in [1.54, 1.807) is 44.4 Å². The second-order valence-corrected chi connectivity index (χ2v) is 17.4. The average Bonchev–Trinajstić information content (AvgIpc) is 3.78. The van der Waals surface area contributed by atoms with Gasteiger partial charge in [-0.25, -0.2) is 9.88 Å². The number of Topliss-reactive ketones (excluding diaryl/α,β-unsaturated/α-hetero) is 2. The van der Waals surface area contributed by atoms with Crippen LogP contribution in [0.2, 0.25) is 0 Å². The standard InChI is InChI=1S/C43H67N5O10/c1-12-33-43(8)37(48(41(53)58-43)19-14-13-18-47-23-31(45-24-47)30-16-15-17-44-22-30)27(4)34(49)25(2)21-42(7,54-11)38(28(5)35(50)29(6)39(52)56-33)57-40-36(51)32(46(9)10)20-26(3)55-40/h15-17,22-29,32-33,36-38,40-41,51,53H,12-14,18-21H2,1-11H3/t25-,26-,27+,28+,29-,32+,33-,36-,37-,38-,40+,41?,42-,43-/m1/s1. The number of carbonyl (C=O) groups excluding carboxylic acids is 3. The molecule has 3 fully saturated rings. The monoisotopic (exact) mass is 813 g/mol. The number of methoxy groups -OCH3 is 1. The van der Waals surface area contributed by atoms with Crippen molar-refractivity contribution in [1.29, 1.82) is 0 Å². The fraction of sp³-hybridized carbons (Fsp3) is 0.744. The van der Waals surface area contributed by atoms with Crippen molar-refractivity contribution in [2.45, 2.75) is 154 Å². The molecule has 324 valence electrons. The molecule has 2 N–H and O–H groups in total. The summed E-state index contributed by atoms with van der Waals surface area (Å²) in [5.74, 6) is -4.74. The fourth-order valence-electron chi connectivity index (χ4n) is 9.59. The van der Waals surface area contributed by atoms with E-state index < -0.39 is 83.7 Å². The number of cyclic esters (lactones) is 1. The summed E-state index contributed by atoms with van der Waals surface area (Å²) in [5.41, 5.74) is -0.795. The van der Waals surface area contributed by atoms with Gasteiger partial charge in [0.15, 0.2) is 12.1 Å². The Kier molecular flexibility index (Phi) is 15.1. The van der Waals surface area contributed by atoms with Gasteiger partial charge in [0.05, 0.1) is 35.9 Å². The highest BCUT2D eigenvalue weighted by atomic mass is 16.7. The number of unbranched alkanes of at least 4 members (excludes halogenated alkanes) is 1. The van der Waals surface area contributed by atoms with Crippen LogP contribution in [0.25, 0.3) is 11.3 Å². The minimum Gasteiger partial charge on any atom is -0.459 e. The molecule has 3 aliphatic rings. The van der Waals surface area contributed by atoms with Gasteiger partial charge in [-0.15, -0.1) is 0 Å². The predicted octanol–water partition coefficient (Wildman–Crippen LogP) is 4.09. The highest BCUT2D eigenvalue weighted by molar-refractivity contribution is 6.00. The van der Waals surface area contributed by atoms with Crippen LogP contribution < -0.4 is 0 Å². The van der Waals surface area contributed by atoms with Crippen molar-refractivity contribution in [3.05, 3.63) is 37.1 Å². The minimum atomic E-state index is -1.37. The Morgan fingerprint density at radius 2 is 1.72 bits per heavy atom. The maximum Gasteiger partial charge on any atom is 0.316 e. The lowest BCUT2D eigenvalue weighted by molar-refractivity contribution is -0.295. The molecule has 15 nitrogen and oxygen atoms in total. The predicted molar refractivity (Wildman–Crippen MR) is 215 cm³/mol. The summed E-state index contributed by atoms with van der Waals surface area (Å²) < 4.78 is 33.5. The lowest BCUT2D eigenvalue weighted by Crippen LogP contribution is -2.60. The van der Waals surface area contributed by atoms with E-state index in [1.807, 2.05) is 69.6 Å². The first-order valence-corrected chi connectivity index (χ1v) is 20.9. The van der Waals surface area contributed by atoms with E-state index in [0.29, 0.717) is 32.4 Å². The Balaban J connectivity index is 1.43. The molecule has 5 heterocycles. The Morgan fingerprint density at radius 1 is 1.02 bits per heavy atom. The van der Waals surface area contributed by atoms with Gasteiger partial charge in [0.1, 0.15) is 29.5 Å². The number of ketones is 2. The summed E-state index contributed by atoms with van der Waals surface area (Å²) in [7, 11) is 5.26. The lowest BCUT2D eigenvalue weighted by Gasteiger charge is -2.47. The average molecular weight is 814 g/mol. The number of rotatable bonds is 11. The zero-order valence-electron chi connectivity index (χ0n) is 36.2. The van der Waals surface area contributed by atoms with E-state index in [-0.39, 0.29) is 24.3 Å². The molecule has 0 bridgehead atoms. The molecule has 0 spiro atoms. The van der Waals surface area contributed by atoms with Crippen LogP contribution in [0.15, 0.2) is 37.1 Å². The number of hydrogen-bond acceptors (Lipinski definition) is 14. The van der Waals surface area contributed by atoms with Gasteiger partial charge < -0.3 is 43.4 Å². The minimum absolute atomic E-state index is 0.108. The molecule has 2 aromatic heterocycles. The van der Waals surface area contributed by atoms with E-state index in [4.69, 9.17) is 23.7 Å². The third-order valence-electron chi connectivity index (χ3n) is 13.0. The van der Waals surface area contributed by atoms with Crippen molar-refractivity contribution >= 4 is 17.5 Å². The van der Waals surface area contributed by atoms with E-state index >= 15 is 0 Å². The number of aliphatic hydroxyl groups is 2. The Morgan fingerprint density at radius 3 is 2.36 bits per heavy atom. The molecule has 5 rings (SSSR count). The molecule has 0 aromatic carbocycles. The van der Waals surface area contributed by atoms with E-state index in [1.165, 1.54) is 14.0 Å². The Hall–Kier alpha value is -3.15. The van der Waals surface area contributed by atoms with E-state index in [0.717, 1.165) is 17.7 Å². The number of likely N-dealkylation sites (N-methyl/N-ethyl adjacent to an activating group) is 1. The van der Waals surface area contributed by atoms with Crippen molar-refractivity contribution in [3.63, 3.8) is 0 Å². The molecule has 58 heavy (non-hydrogen) atoms. The van der Waals surface area contributed by atoms with Crippen molar-refractivity contribution in [2.24, 2.45) is 23.7 Å². The van der Waals surface area contributed by atoms with Crippen LogP contribution in [0, 0.1) is 23.7 Å². The SMILES string of the molecule is CC[C@H]1OC(=O)[C@H](C)C(=O)[C@H](C)[C@@H](O[C@@H]2O[C@H](C)C[C@H](N(C)C)[C@H]2O)[C@](C)(OC)C[C@@H](C)C(=O)[C@H](C)[C@H]2N(CCCCn3cnc(-c4cccnc4)c3)C(O)O[C@]12C. The number of ether oxygens (including phenoxy) is 5. The molecule has 0 amide bonds. The normalized spacial score (nSPS) is 38.4. The summed E-state index contributed by atoms with van der Waals surface area (Å²) in [6.45, 7) is 15.3. The van der Waals surface area contributed by atoms with Crippen LogP contribution in [0.4, 0.5) is 0 Å². The third-order valence-corrected chi connectivity index (χ3v) is 13.0. The first-order chi connectivity index (χ1) is 27.4. The fourth-order valence-corrected chi connectivity index (χ4v) is 9.59. The maximum absolute atomic E-state index is 14.7. The molecule has 3 aliphatic heterocycles. The van der Waals surface area contributed by atoms with Gasteiger partial charge in [0.2, 0.25) is 6.41 Å². The number of imidazole rings is 1. The van der Waals surface area contributed by atoms with Gasteiger partial charge in [0, 0.05) is 68.1 Å².